The van der Waals surface area contributed by atoms with Crippen molar-refractivity contribution in [3.63, 3.8) is 0 Å². The molecule has 0 aromatic carbocycles. The van der Waals surface area contributed by atoms with Gasteiger partial charge in [0.15, 0.2) is 0 Å². The van der Waals surface area contributed by atoms with E-state index < -0.39 is 0 Å². The highest BCUT2D eigenvalue weighted by Gasteiger charge is 1.84. The summed E-state index contributed by atoms with van der Waals surface area (Å²) in [5.41, 5.74) is 1.08. The number of rotatable bonds is 1. The molecule has 42 valence electrons. The van der Waals surface area contributed by atoms with E-state index in [9.17, 15) is 0 Å². The standard InChI is InChI=1S/C5H7N3/c1-5-2-7-8(3-5)4-6/h2-4,6H,1H3. The van der Waals surface area contributed by atoms with Gasteiger partial charge in [-0.1, -0.05) is 0 Å². The lowest BCUT2D eigenvalue weighted by atomic mass is 10.4. The Morgan fingerprint density at radius 3 is 2.88 bits per heavy atom. The molecule has 0 fully saturated rings. The van der Waals surface area contributed by atoms with E-state index in [4.69, 9.17) is 5.41 Å². The minimum absolute atomic E-state index is 1.08. The number of aryl methyl sites for hydroxylation is 1. The molecule has 0 aliphatic heterocycles. The summed E-state index contributed by atoms with van der Waals surface area (Å²) in [4.78, 5) is 0. The van der Waals surface area contributed by atoms with Gasteiger partial charge in [-0.05, 0) is 12.5 Å². The van der Waals surface area contributed by atoms with Crippen LogP contribution in [0.4, 0.5) is 0 Å². The van der Waals surface area contributed by atoms with Crippen molar-refractivity contribution in [1.29, 1.82) is 5.41 Å². The Bertz CT molecular complexity index is 189. The average molecular weight is 109 g/mol. The van der Waals surface area contributed by atoms with Gasteiger partial charge in [0, 0.05) is 6.20 Å². The lowest BCUT2D eigenvalue weighted by Crippen LogP contribution is -1.91. The molecule has 1 rings (SSSR count). The molecule has 0 amide bonds. The summed E-state index contributed by atoms with van der Waals surface area (Å²) in [6, 6.07) is 0. The third kappa shape index (κ3) is 0.753. The summed E-state index contributed by atoms with van der Waals surface area (Å²) in [5, 5.41) is 10.5. The molecule has 0 aliphatic carbocycles. The van der Waals surface area contributed by atoms with Crippen LogP contribution in [0.15, 0.2) is 12.4 Å². The number of hydrogen-bond donors (Lipinski definition) is 1. The second-order valence-electron chi connectivity index (χ2n) is 1.63. The maximum atomic E-state index is 6.73. The van der Waals surface area contributed by atoms with E-state index in [1.54, 1.807) is 12.4 Å². The van der Waals surface area contributed by atoms with Crippen LogP contribution in [-0.4, -0.2) is 16.1 Å². The third-order valence-electron chi connectivity index (χ3n) is 0.863. The Kier molecular flexibility index (Phi) is 1.12. The molecule has 0 atom stereocenters. The lowest BCUT2D eigenvalue weighted by molar-refractivity contribution is 0.949. The van der Waals surface area contributed by atoms with E-state index in [1.165, 1.54) is 4.68 Å². The topological polar surface area (TPSA) is 41.7 Å². The van der Waals surface area contributed by atoms with Crippen LogP contribution in [0.2, 0.25) is 0 Å². The number of nitrogens with zero attached hydrogens (tertiary/aromatic N) is 2. The molecule has 3 nitrogen and oxygen atoms in total. The molecule has 8 heavy (non-hydrogen) atoms. The highest BCUT2D eigenvalue weighted by molar-refractivity contribution is 5.52. The van der Waals surface area contributed by atoms with Gasteiger partial charge >= 0.3 is 0 Å². The first-order valence-corrected chi connectivity index (χ1v) is 2.34. The van der Waals surface area contributed by atoms with E-state index in [0.29, 0.717) is 0 Å². The summed E-state index contributed by atoms with van der Waals surface area (Å²) < 4.78 is 1.45. The molecular formula is C5H7N3. The molecule has 0 aliphatic rings. The minimum atomic E-state index is 1.08. The van der Waals surface area contributed by atoms with Crippen molar-refractivity contribution in [3.8, 4) is 0 Å². The average Bonchev–Trinajstić information content (AvgIpc) is 2.14. The molecule has 1 heterocycles. The minimum Gasteiger partial charge on any atom is -0.289 e. The van der Waals surface area contributed by atoms with Crippen molar-refractivity contribution >= 4 is 6.34 Å². The summed E-state index contributed by atoms with van der Waals surface area (Å²) in [6.07, 6.45) is 4.66. The van der Waals surface area contributed by atoms with Crippen LogP contribution >= 0.6 is 0 Å². The van der Waals surface area contributed by atoms with E-state index in [2.05, 4.69) is 5.10 Å². The number of nitrogens with one attached hydrogen (secondary N) is 1. The zero-order valence-electron chi connectivity index (χ0n) is 4.63. The highest BCUT2D eigenvalue weighted by Crippen LogP contribution is 1.89. The molecular weight excluding hydrogens is 102 g/mol. The van der Waals surface area contributed by atoms with Crippen molar-refractivity contribution in [2.45, 2.75) is 6.92 Å². The Balaban J connectivity index is 3.00. The number of aromatic nitrogens is 2. The van der Waals surface area contributed by atoms with E-state index >= 15 is 0 Å². The Hall–Kier alpha value is -1.12. The van der Waals surface area contributed by atoms with Crippen molar-refractivity contribution < 1.29 is 0 Å². The molecule has 0 spiro atoms. The maximum Gasteiger partial charge on any atom is 0.108 e. The first kappa shape index (κ1) is 5.03. The summed E-state index contributed by atoms with van der Waals surface area (Å²) in [6.45, 7) is 1.94. The maximum absolute atomic E-state index is 6.73. The second kappa shape index (κ2) is 1.78. The van der Waals surface area contributed by atoms with E-state index in [-0.39, 0.29) is 0 Å². The molecule has 0 radical (unpaired) electrons. The van der Waals surface area contributed by atoms with Gasteiger partial charge in [-0.2, -0.15) is 5.10 Å². The fourth-order valence-corrected chi connectivity index (χ4v) is 0.504. The Morgan fingerprint density at radius 2 is 2.62 bits per heavy atom. The molecule has 1 aromatic rings. The van der Waals surface area contributed by atoms with Crippen molar-refractivity contribution in [2.24, 2.45) is 0 Å². The van der Waals surface area contributed by atoms with Gasteiger partial charge in [0.2, 0.25) is 0 Å². The zero-order valence-corrected chi connectivity index (χ0v) is 4.63. The molecule has 0 saturated heterocycles. The van der Waals surface area contributed by atoms with E-state index in [1.807, 2.05) is 6.92 Å². The lowest BCUT2D eigenvalue weighted by Gasteiger charge is -1.80. The SMILES string of the molecule is Cc1cnn(C=N)c1. The van der Waals surface area contributed by atoms with Gasteiger partial charge in [-0.3, -0.25) is 5.41 Å². The van der Waals surface area contributed by atoms with Crippen LogP contribution in [0.3, 0.4) is 0 Å². The van der Waals surface area contributed by atoms with Gasteiger partial charge < -0.3 is 0 Å². The summed E-state index contributed by atoms with van der Waals surface area (Å²) in [5.74, 6) is 0. The first-order chi connectivity index (χ1) is 3.83. The third-order valence-corrected chi connectivity index (χ3v) is 0.863. The van der Waals surface area contributed by atoms with Crippen molar-refractivity contribution in [2.75, 3.05) is 0 Å². The first-order valence-electron chi connectivity index (χ1n) is 2.34. The predicted octanol–water partition coefficient (Wildman–Crippen LogP) is 0.647. The Labute approximate surface area is 47.5 Å². The molecule has 0 bridgehead atoms. The molecule has 0 unspecified atom stereocenters. The van der Waals surface area contributed by atoms with Crippen LogP contribution < -0.4 is 0 Å². The monoisotopic (exact) mass is 109 g/mol. The van der Waals surface area contributed by atoms with Gasteiger partial charge in [-0.15, -0.1) is 0 Å². The quantitative estimate of drug-likeness (QED) is 0.417. The van der Waals surface area contributed by atoms with Crippen LogP contribution in [0.1, 0.15) is 5.56 Å². The fourth-order valence-electron chi connectivity index (χ4n) is 0.504. The van der Waals surface area contributed by atoms with Gasteiger partial charge in [0.1, 0.15) is 6.34 Å². The molecule has 0 saturated carbocycles. The summed E-state index contributed by atoms with van der Waals surface area (Å²) in [7, 11) is 0. The smallest absolute Gasteiger partial charge is 0.108 e. The largest absolute Gasteiger partial charge is 0.289 e. The Morgan fingerprint density at radius 1 is 1.88 bits per heavy atom. The van der Waals surface area contributed by atoms with Crippen LogP contribution in [0.5, 0.6) is 0 Å². The normalized spacial score (nSPS) is 9.12. The molecule has 1 aromatic heterocycles. The zero-order chi connectivity index (χ0) is 5.98. The van der Waals surface area contributed by atoms with Gasteiger partial charge in [0.25, 0.3) is 0 Å². The van der Waals surface area contributed by atoms with Crippen LogP contribution in [0, 0.1) is 12.3 Å². The predicted molar refractivity (Wildman–Crippen MR) is 31.1 cm³/mol. The van der Waals surface area contributed by atoms with Crippen molar-refractivity contribution in [1.82, 2.24) is 9.78 Å². The highest BCUT2D eigenvalue weighted by atomic mass is 15.3. The fraction of sp³-hybridized carbons (Fsp3) is 0.200. The molecule has 3 heteroatoms. The van der Waals surface area contributed by atoms with Crippen LogP contribution in [0.25, 0.3) is 0 Å². The van der Waals surface area contributed by atoms with Crippen LogP contribution in [-0.2, 0) is 0 Å². The summed E-state index contributed by atoms with van der Waals surface area (Å²) >= 11 is 0. The van der Waals surface area contributed by atoms with Crippen molar-refractivity contribution in [3.05, 3.63) is 18.0 Å². The van der Waals surface area contributed by atoms with Gasteiger partial charge in [-0.25, -0.2) is 4.68 Å². The second-order valence-corrected chi connectivity index (χ2v) is 1.63. The molecule has 1 N–H and O–H groups in total. The van der Waals surface area contributed by atoms with Gasteiger partial charge in [0.05, 0.1) is 6.20 Å². The number of hydrogen-bond acceptors (Lipinski definition) is 2. The van der Waals surface area contributed by atoms with E-state index in [0.717, 1.165) is 11.9 Å².